The molecular weight excluding hydrogens is 387 g/mol. The molecule has 1 atom stereocenters. The van der Waals surface area contributed by atoms with E-state index < -0.39 is 40.7 Å². The monoisotopic (exact) mass is 398 g/mol. The van der Waals surface area contributed by atoms with Crippen LogP contribution in [0.1, 0.15) is 0 Å². The third-order valence-corrected chi connectivity index (χ3v) is 4.67. The van der Waals surface area contributed by atoms with Gasteiger partial charge in [-0.25, -0.2) is 9.18 Å². The number of nitrogens with zero attached hydrogens (tertiary/aromatic N) is 1. The fourth-order valence-corrected chi connectivity index (χ4v) is 3.44. The number of hydrogen-bond donors (Lipinski definition) is 4. The minimum absolute atomic E-state index is 0.0347. The fourth-order valence-electron chi connectivity index (χ4n) is 2.30. The standard InChI is InChI=1S/C15H12ClFN4O4S/c16-8-2-1-3-9(4-8)18-15(24)19-10-5-11(17)14(12(22)6-10)21-7-13(23)20-26(21)25/h1-6,22H,7H2,(H,20,23)(H2,18,19,24). The predicted molar refractivity (Wildman–Crippen MR) is 95.8 cm³/mol. The van der Waals surface area contributed by atoms with Crippen LogP contribution in [-0.4, -0.2) is 28.1 Å². The number of amides is 3. The van der Waals surface area contributed by atoms with E-state index in [9.17, 15) is 23.6 Å². The Morgan fingerprint density at radius 2 is 2.04 bits per heavy atom. The van der Waals surface area contributed by atoms with Crippen molar-refractivity contribution in [2.24, 2.45) is 0 Å². The van der Waals surface area contributed by atoms with Crippen molar-refractivity contribution in [2.75, 3.05) is 21.5 Å². The summed E-state index contributed by atoms with van der Waals surface area (Å²) in [5.74, 6) is -2.09. The Balaban J connectivity index is 1.75. The number of benzene rings is 2. The summed E-state index contributed by atoms with van der Waals surface area (Å²) in [6, 6.07) is 7.75. The summed E-state index contributed by atoms with van der Waals surface area (Å²) in [7, 11) is 0. The summed E-state index contributed by atoms with van der Waals surface area (Å²) < 4.78 is 29.0. The largest absolute Gasteiger partial charge is 0.568 e. The molecule has 136 valence electrons. The van der Waals surface area contributed by atoms with Gasteiger partial charge in [0.15, 0.2) is 29.6 Å². The highest BCUT2D eigenvalue weighted by molar-refractivity contribution is 7.92. The number of rotatable bonds is 3. The molecule has 0 radical (unpaired) electrons. The third-order valence-electron chi connectivity index (χ3n) is 3.32. The fraction of sp³-hybridized carbons (Fsp3) is 0.0667. The van der Waals surface area contributed by atoms with Crippen LogP contribution < -0.4 is 19.7 Å². The van der Waals surface area contributed by atoms with Crippen molar-refractivity contribution in [3.05, 3.63) is 47.2 Å². The summed E-state index contributed by atoms with van der Waals surface area (Å²) >= 11 is 3.83. The normalized spacial score (nSPS) is 16.3. The molecule has 26 heavy (non-hydrogen) atoms. The molecule has 0 bridgehead atoms. The van der Waals surface area contributed by atoms with E-state index in [-0.39, 0.29) is 12.2 Å². The van der Waals surface area contributed by atoms with E-state index >= 15 is 0 Å². The average molecular weight is 399 g/mol. The number of carbonyl (C=O) groups is 2. The van der Waals surface area contributed by atoms with Crippen LogP contribution in [0.25, 0.3) is 0 Å². The van der Waals surface area contributed by atoms with Gasteiger partial charge in [-0.2, -0.15) is 4.31 Å². The summed E-state index contributed by atoms with van der Waals surface area (Å²) in [6.07, 6.45) is 0. The van der Waals surface area contributed by atoms with E-state index in [0.717, 1.165) is 16.4 Å². The van der Waals surface area contributed by atoms with Gasteiger partial charge < -0.3 is 20.3 Å². The number of anilines is 3. The van der Waals surface area contributed by atoms with Gasteiger partial charge in [0.25, 0.3) is 5.91 Å². The number of nitrogens with one attached hydrogen (secondary N) is 3. The lowest BCUT2D eigenvalue weighted by Crippen LogP contribution is -2.30. The van der Waals surface area contributed by atoms with Crippen molar-refractivity contribution >= 4 is 52.1 Å². The molecule has 0 aliphatic carbocycles. The second-order valence-corrected chi connectivity index (χ2v) is 6.81. The Labute approximate surface area is 155 Å². The van der Waals surface area contributed by atoms with Crippen molar-refractivity contribution in [3.8, 4) is 5.75 Å². The van der Waals surface area contributed by atoms with Gasteiger partial charge in [-0.15, -0.1) is 4.72 Å². The van der Waals surface area contributed by atoms with Crippen molar-refractivity contribution in [1.29, 1.82) is 0 Å². The van der Waals surface area contributed by atoms with Crippen LogP contribution in [0.3, 0.4) is 0 Å². The summed E-state index contributed by atoms with van der Waals surface area (Å²) in [5.41, 5.74) is -0.0108. The first-order valence-electron chi connectivity index (χ1n) is 7.18. The Morgan fingerprint density at radius 1 is 1.31 bits per heavy atom. The zero-order valence-corrected chi connectivity index (χ0v) is 14.5. The molecule has 1 saturated heterocycles. The van der Waals surface area contributed by atoms with Gasteiger partial charge in [0.05, 0.1) is 0 Å². The molecule has 0 spiro atoms. The second kappa shape index (κ2) is 7.28. The minimum atomic E-state index is -1.99. The van der Waals surface area contributed by atoms with Gasteiger partial charge in [0.2, 0.25) is 0 Å². The van der Waals surface area contributed by atoms with Gasteiger partial charge >= 0.3 is 6.03 Å². The number of carbonyl (C=O) groups excluding carboxylic acids is 2. The zero-order valence-electron chi connectivity index (χ0n) is 13.0. The Morgan fingerprint density at radius 3 is 2.65 bits per heavy atom. The minimum Gasteiger partial charge on any atom is -0.568 e. The SMILES string of the molecule is O=C1CN(c2c(O)cc(NC(=O)Nc3cccc(Cl)c3)cc2F)[S+]([O-])N1. The van der Waals surface area contributed by atoms with Gasteiger partial charge in [0.1, 0.15) is 5.75 Å². The van der Waals surface area contributed by atoms with E-state index in [1.807, 2.05) is 0 Å². The van der Waals surface area contributed by atoms with E-state index in [4.69, 9.17) is 11.6 Å². The lowest BCUT2D eigenvalue weighted by atomic mass is 10.2. The first-order valence-corrected chi connectivity index (χ1v) is 8.67. The summed E-state index contributed by atoms with van der Waals surface area (Å²) in [6.45, 7) is -0.362. The quantitative estimate of drug-likeness (QED) is 0.592. The maximum Gasteiger partial charge on any atom is 0.323 e. The molecule has 2 aromatic rings. The molecule has 1 aliphatic heterocycles. The summed E-state index contributed by atoms with van der Waals surface area (Å²) in [4.78, 5) is 23.2. The molecule has 11 heteroatoms. The maximum absolute atomic E-state index is 14.3. The van der Waals surface area contributed by atoms with Crippen molar-refractivity contribution in [2.45, 2.75) is 0 Å². The first-order chi connectivity index (χ1) is 12.3. The number of phenolic OH excluding ortho intramolecular Hbond substituents is 1. The van der Waals surface area contributed by atoms with Crippen LogP contribution >= 0.6 is 11.6 Å². The summed E-state index contributed by atoms with van der Waals surface area (Å²) in [5, 5.41) is 15.3. The van der Waals surface area contributed by atoms with E-state index in [1.165, 1.54) is 6.07 Å². The highest BCUT2D eigenvalue weighted by Crippen LogP contribution is 2.36. The average Bonchev–Trinajstić information content (AvgIpc) is 2.84. The Hall–Kier alpha value is -2.69. The van der Waals surface area contributed by atoms with E-state index in [1.54, 1.807) is 18.2 Å². The van der Waals surface area contributed by atoms with Crippen LogP contribution in [-0.2, 0) is 16.3 Å². The lowest BCUT2D eigenvalue weighted by molar-refractivity contribution is -0.117. The van der Waals surface area contributed by atoms with E-state index in [0.29, 0.717) is 10.7 Å². The molecular formula is C15H12ClFN4O4S. The van der Waals surface area contributed by atoms with Gasteiger partial charge in [0, 0.05) is 28.5 Å². The predicted octanol–water partition coefficient (Wildman–Crippen LogP) is 2.34. The van der Waals surface area contributed by atoms with Crippen molar-refractivity contribution in [1.82, 2.24) is 4.72 Å². The molecule has 0 saturated carbocycles. The van der Waals surface area contributed by atoms with Gasteiger partial charge in [-0.1, -0.05) is 17.7 Å². The lowest BCUT2D eigenvalue weighted by Gasteiger charge is -2.18. The van der Waals surface area contributed by atoms with Crippen molar-refractivity contribution in [3.63, 3.8) is 0 Å². The molecule has 3 amide bonds. The number of phenols is 1. The van der Waals surface area contributed by atoms with Crippen molar-refractivity contribution < 1.29 is 23.6 Å². The van der Waals surface area contributed by atoms with Crippen LogP contribution in [0.2, 0.25) is 5.02 Å². The van der Waals surface area contributed by atoms with Crippen LogP contribution in [0.5, 0.6) is 5.75 Å². The molecule has 1 fully saturated rings. The topological polar surface area (TPSA) is 117 Å². The highest BCUT2D eigenvalue weighted by Gasteiger charge is 2.37. The maximum atomic E-state index is 14.3. The van der Waals surface area contributed by atoms with Crippen LogP contribution in [0, 0.1) is 5.82 Å². The number of urea groups is 1. The second-order valence-electron chi connectivity index (χ2n) is 5.23. The molecule has 3 rings (SSSR count). The molecule has 1 aliphatic rings. The van der Waals surface area contributed by atoms with E-state index in [2.05, 4.69) is 15.4 Å². The van der Waals surface area contributed by atoms with Gasteiger partial charge in [-0.05, 0) is 18.2 Å². The number of hydrogen-bond acceptors (Lipinski definition) is 5. The zero-order chi connectivity index (χ0) is 18.8. The molecule has 2 aromatic carbocycles. The van der Waals surface area contributed by atoms with Crippen LogP contribution in [0.4, 0.5) is 26.2 Å². The molecule has 1 unspecified atom stereocenters. The highest BCUT2D eigenvalue weighted by atomic mass is 35.5. The third kappa shape index (κ3) is 3.93. The molecule has 1 heterocycles. The van der Waals surface area contributed by atoms with Gasteiger partial charge in [-0.3, -0.25) is 4.79 Å². The Bertz CT molecular complexity index is 861. The van der Waals surface area contributed by atoms with Crippen LogP contribution in [0.15, 0.2) is 36.4 Å². The molecule has 8 nitrogen and oxygen atoms in total. The Kier molecular flexibility index (Phi) is 5.07. The number of aromatic hydroxyl groups is 1. The number of halogens is 2. The first kappa shape index (κ1) is 18.1. The molecule has 4 N–H and O–H groups in total. The molecule has 0 aromatic heterocycles. The smallest absolute Gasteiger partial charge is 0.323 e.